The molecule has 0 aliphatic carbocycles. The fraction of sp³-hybridized carbons (Fsp3) is 0.857. The van der Waals surface area contributed by atoms with Crippen LogP contribution in [-0.2, 0) is 9.59 Å². The summed E-state index contributed by atoms with van der Waals surface area (Å²) in [6.07, 6.45) is 1.38. The van der Waals surface area contributed by atoms with E-state index in [2.05, 4.69) is 10.2 Å². The molecule has 2 rings (SSSR count). The maximum Gasteiger partial charge on any atom is 0.228 e. The van der Waals surface area contributed by atoms with Gasteiger partial charge in [-0.05, 0) is 27.1 Å². The molecule has 2 fully saturated rings. The summed E-state index contributed by atoms with van der Waals surface area (Å²) in [5.41, 5.74) is 0. The molecular weight excluding hydrogens is 327 g/mol. The summed E-state index contributed by atoms with van der Waals surface area (Å²) in [5, 5.41) is 3.30. The van der Waals surface area contributed by atoms with E-state index in [1.54, 1.807) is 0 Å². The Hall–Kier alpha value is -0.560. The average Bonchev–Trinajstić information content (AvgIpc) is 2.64. The molecule has 2 saturated heterocycles. The molecule has 0 aromatic carbocycles. The normalized spacial score (nSPS) is 22.1. The van der Waals surface area contributed by atoms with Gasteiger partial charge in [0.2, 0.25) is 11.8 Å². The number of likely N-dealkylation sites (tertiary alicyclic amines) is 1. The number of rotatable bonds is 4. The molecule has 2 aliphatic heterocycles. The number of amides is 2. The lowest BCUT2D eigenvalue weighted by Crippen LogP contribution is -2.40. The van der Waals surface area contributed by atoms with Gasteiger partial charge in [0.05, 0.1) is 5.92 Å². The third-order valence-electron chi connectivity index (χ3n) is 4.03. The zero-order valence-electron chi connectivity index (χ0n) is 13.4. The van der Waals surface area contributed by atoms with Crippen molar-refractivity contribution in [2.24, 2.45) is 5.92 Å². The van der Waals surface area contributed by atoms with Crippen LogP contribution in [-0.4, -0.2) is 86.4 Å². The minimum Gasteiger partial charge on any atom is -0.341 e. The van der Waals surface area contributed by atoms with Crippen LogP contribution in [0.25, 0.3) is 0 Å². The van der Waals surface area contributed by atoms with E-state index in [1.165, 1.54) is 0 Å². The monoisotopic (exact) mass is 354 g/mol. The van der Waals surface area contributed by atoms with Gasteiger partial charge in [0.1, 0.15) is 0 Å². The topological polar surface area (TPSA) is 55.9 Å². The van der Waals surface area contributed by atoms with Crippen molar-refractivity contribution in [1.82, 2.24) is 20.0 Å². The van der Waals surface area contributed by atoms with Crippen molar-refractivity contribution in [2.45, 2.75) is 12.8 Å². The van der Waals surface area contributed by atoms with Crippen LogP contribution in [0.2, 0.25) is 0 Å². The van der Waals surface area contributed by atoms with Gasteiger partial charge in [-0.15, -0.1) is 24.8 Å². The van der Waals surface area contributed by atoms with Crippen molar-refractivity contribution in [3.8, 4) is 0 Å². The SMILES string of the molecule is CN(C)CCN1CC(C(=O)N2CCCNCC2)CC1=O.Cl.Cl. The first-order valence-corrected chi connectivity index (χ1v) is 7.50. The Morgan fingerprint density at radius 3 is 2.68 bits per heavy atom. The van der Waals surface area contributed by atoms with Crippen molar-refractivity contribution >= 4 is 36.6 Å². The fourth-order valence-corrected chi connectivity index (χ4v) is 2.80. The molecule has 0 bridgehead atoms. The van der Waals surface area contributed by atoms with Crippen LogP contribution in [0.3, 0.4) is 0 Å². The highest BCUT2D eigenvalue weighted by molar-refractivity contribution is 5.89. The Bertz CT molecular complexity index is 361. The summed E-state index contributed by atoms with van der Waals surface area (Å²) >= 11 is 0. The molecule has 2 aliphatic rings. The Morgan fingerprint density at radius 2 is 2.00 bits per heavy atom. The number of hydrogen-bond acceptors (Lipinski definition) is 4. The van der Waals surface area contributed by atoms with Crippen LogP contribution in [0.4, 0.5) is 0 Å². The first-order valence-electron chi connectivity index (χ1n) is 7.50. The molecule has 0 saturated carbocycles. The number of carbonyl (C=O) groups excluding carboxylic acids is 2. The molecule has 1 N–H and O–H groups in total. The zero-order valence-corrected chi connectivity index (χ0v) is 15.0. The minimum atomic E-state index is -0.136. The first kappa shape index (κ1) is 21.4. The Labute approximate surface area is 145 Å². The summed E-state index contributed by atoms with van der Waals surface area (Å²) in [5.74, 6) is 0.148. The van der Waals surface area contributed by atoms with E-state index in [1.807, 2.05) is 23.9 Å². The van der Waals surface area contributed by atoms with Crippen LogP contribution in [0, 0.1) is 5.92 Å². The van der Waals surface area contributed by atoms with Crippen LogP contribution in [0.5, 0.6) is 0 Å². The summed E-state index contributed by atoms with van der Waals surface area (Å²) in [6, 6.07) is 0. The molecule has 2 heterocycles. The second-order valence-electron chi connectivity index (χ2n) is 5.97. The predicted octanol–water partition coefficient (Wildman–Crippen LogP) is 0.0620. The van der Waals surface area contributed by atoms with E-state index in [4.69, 9.17) is 0 Å². The second kappa shape index (κ2) is 10.3. The van der Waals surface area contributed by atoms with E-state index >= 15 is 0 Å². The molecular formula is C14H28Cl2N4O2. The Balaban J connectivity index is 0.00000220. The summed E-state index contributed by atoms with van der Waals surface area (Å²) in [7, 11) is 3.99. The average molecular weight is 355 g/mol. The fourth-order valence-electron chi connectivity index (χ4n) is 2.80. The molecule has 0 spiro atoms. The molecule has 2 amide bonds. The van der Waals surface area contributed by atoms with Crippen molar-refractivity contribution in [1.29, 1.82) is 0 Å². The van der Waals surface area contributed by atoms with Crippen molar-refractivity contribution < 1.29 is 9.59 Å². The maximum absolute atomic E-state index is 12.5. The van der Waals surface area contributed by atoms with E-state index in [9.17, 15) is 9.59 Å². The van der Waals surface area contributed by atoms with E-state index in [0.29, 0.717) is 13.0 Å². The van der Waals surface area contributed by atoms with Gasteiger partial charge in [0.15, 0.2) is 0 Å². The predicted molar refractivity (Wildman–Crippen MR) is 91.8 cm³/mol. The standard InChI is InChI=1S/C14H26N4O2.2ClH/c1-16(2)8-9-18-11-12(10-13(18)19)14(20)17-6-3-4-15-5-7-17;;/h12,15H,3-11H2,1-2H3;2*1H. The molecule has 130 valence electrons. The molecule has 0 aromatic rings. The molecule has 8 heteroatoms. The lowest BCUT2D eigenvalue weighted by Gasteiger charge is -2.24. The molecule has 1 atom stereocenters. The zero-order chi connectivity index (χ0) is 14.5. The Kier molecular flexibility index (Phi) is 10.00. The van der Waals surface area contributed by atoms with Gasteiger partial charge in [0.25, 0.3) is 0 Å². The Morgan fingerprint density at radius 1 is 1.27 bits per heavy atom. The van der Waals surface area contributed by atoms with Gasteiger partial charge in [-0.1, -0.05) is 0 Å². The largest absolute Gasteiger partial charge is 0.341 e. The number of nitrogens with zero attached hydrogens (tertiary/aromatic N) is 3. The van der Waals surface area contributed by atoms with Crippen molar-refractivity contribution in [3.05, 3.63) is 0 Å². The molecule has 0 aromatic heterocycles. The number of halogens is 2. The van der Waals surface area contributed by atoms with E-state index < -0.39 is 0 Å². The lowest BCUT2D eigenvalue weighted by molar-refractivity contribution is -0.135. The van der Waals surface area contributed by atoms with Crippen LogP contribution >= 0.6 is 24.8 Å². The van der Waals surface area contributed by atoms with Gasteiger partial charge in [0, 0.05) is 45.7 Å². The van der Waals surface area contributed by atoms with Gasteiger partial charge < -0.3 is 20.0 Å². The van der Waals surface area contributed by atoms with Crippen LogP contribution in [0.1, 0.15) is 12.8 Å². The van der Waals surface area contributed by atoms with Gasteiger partial charge in [-0.2, -0.15) is 0 Å². The van der Waals surface area contributed by atoms with Gasteiger partial charge >= 0.3 is 0 Å². The summed E-state index contributed by atoms with van der Waals surface area (Å²) < 4.78 is 0. The number of carbonyl (C=O) groups is 2. The molecule has 6 nitrogen and oxygen atoms in total. The number of likely N-dealkylation sites (N-methyl/N-ethyl adjacent to an activating group) is 1. The molecule has 0 radical (unpaired) electrons. The quantitative estimate of drug-likeness (QED) is 0.775. The van der Waals surface area contributed by atoms with Crippen LogP contribution < -0.4 is 5.32 Å². The van der Waals surface area contributed by atoms with Gasteiger partial charge in [-0.3, -0.25) is 9.59 Å². The maximum atomic E-state index is 12.5. The molecule has 1 unspecified atom stereocenters. The highest BCUT2D eigenvalue weighted by atomic mass is 35.5. The first-order chi connectivity index (χ1) is 9.58. The lowest BCUT2D eigenvalue weighted by atomic mass is 10.1. The number of nitrogens with one attached hydrogen (secondary N) is 1. The van der Waals surface area contributed by atoms with Crippen molar-refractivity contribution in [2.75, 3.05) is 59.9 Å². The third kappa shape index (κ3) is 5.91. The van der Waals surface area contributed by atoms with Crippen molar-refractivity contribution in [3.63, 3.8) is 0 Å². The molecule has 22 heavy (non-hydrogen) atoms. The third-order valence-corrected chi connectivity index (χ3v) is 4.03. The smallest absolute Gasteiger partial charge is 0.228 e. The van der Waals surface area contributed by atoms with E-state index in [0.717, 1.165) is 45.7 Å². The van der Waals surface area contributed by atoms with Crippen LogP contribution in [0.15, 0.2) is 0 Å². The highest BCUT2D eigenvalue weighted by Gasteiger charge is 2.36. The van der Waals surface area contributed by atoms with Gasteiger partial charge in [-0.25, -0.2) is 0 Å². The minimum absolute atomic E-state index is 0. The summed E-state index contributed by atoms with van der Waals surface area (Å²) in [6.45, 7) is 5.57. The van der Waals surface area contributed by atoms with E-state index in [-0.39, 0.29) is 42.5 Å². The second-order valence-corrected chi connectivity index (χ2v) is 5.97. The number of hydrogen-bond donors (Lipinski definition) is 1. The summed E-state index contributed by atoms with van der Waals surface area (Å²) in [4.78, 5) is 30.3. The highest BCUT2D eigenvalue weighted by Crippen LogP contribution is 2.20.